The molecule has 0 aliphatic carbocycles. The lowest BCUT2D eigenvalue weighted by atomic mass is 10.0. The van der Waals surface area contributed by atoms with Gasteiger partial charge in [0.05, 0.1) is 5.39 Å². The first-order valence-electron chi connectivity index (χ1n) is 9.98. The van der Waals surface area contributed by atoms with Crippen molar-refractivity contribution in [2.24, 2.45) is 0 Å². The summed E-state index contributed by atoms with van der Waals surface area (Å²) in [4.78, 5) is 22.8. The molecule has 0 atom stereocenters. The minimum absolute atomic E-state index is 0.0617. The summed E-state index contributed by atoms with van der Waals surface area (Å²) in [5, 5.41) is 0.688. The number of piperidine rings is 1. The third kappa shape index (κ3) is 3.40. The molecule has 1 aliphatic heterocycles. The van der Waals surface area contributed by atoms with E-state index in [9.17, 15) is 9.18 Å². The number of aryl methyl sites for hydroxylation is 2. The van der Waals surface area contributed by atoms with Crippen LogP contribution < -0.4 is 5.56 Å². The standard InChI is InChI=1S/C22H26FN3OS/c1-4-5-18-24-21-20(22(27)26(18)17-10-12-25(3)13-11-17)19(14(2)28-21)15-6-8-16(23)9-7-15/h6-9,17H,4-5,10-13H2,1-3H3. The van der Waals surface area contributed by atoms with Crippen molar-refractivity contribution in [1.29, 1.82) is 0 Å². The van der Waals surface area contributed by atoms with E-state index in [4.69, 9.17) is 4.98 Å². The monoisotopic (exact) mass is 399 g/mol. The van der Waals surface area contributed by atoms with Crippen molar-refractivity contribution in [3.63, 3.8) is 0 Å². The van der Waals surface area contributed by atoms with Gasteiger partial charge in [-0.1, -0.05) is 19.1 Å². The molecular weight excluding hydrogens is 373 g/mol. The summed E-state index contributed by atoms with van der Waals surface area (Å²) in [5.41, 5.74) is 1.84. The molecule has 28 heavy (non-hydrogen) atoms. The van der Waals surface area contributed by atoms with Gasteiger partial charge in [-0.15, -0.1) is 11.3 Å². The maximum absolute atomic E-state index is 13.7. The van der Waals surface area contributed by atoms with Crippen LogP contribution in [0.4, 0.5) is 4.39 Å². The second-order valence-electron chi connectivity index (χ2n) is 7.71. The van der Waals surface area contributed by atoms with Crippen molar-refractivity contribution in [3.8, 4) is 11.1 Å². The number of rotatable bonds is 4. The Labute approximate surface area is 168 Å². The number of likely N-dealkylation sites (tertiary alicyclic amines) is 1. The molecule has 0 amide bonds. The number of hydrogen-bond donors (Lipinski definition) is 0. The van der Waals surface area contributed by atoms with Crippen LogP contribution in [0.25, 0.3) is 21.3 Å². The first-order valence-corrected chi connectivity index (χ1v) is 10.8. The zero-order valence-electron chi connectivity index (χ0n) is 16.7. The fraction of sp³-hybridized carbons (Fsp3) is 0.455. The zero-order chi connectivity index (χ0) is 19.8. The van der Waals surface area contributed by atoms with E-state index >= 15 is 0 Å². The number of hydrogen-bond acceptors (Lipinski definition) is 4. The lowest BCUT2D eigenvalue weighted by Gasteiger charge is -2.31. The highest BCUT2D eigenvalue weighted by Crippen LogP contribution is 2.36. The van der Waals surface area contributed by atoms with E-state index in [1.165, 1.54) is 12.1 Å². The van der Waals surface area contributed by atoms with Crippen LogP contribution in [0.5, 0.6) is 0 Å². The van der Waals surface area contributed by atoms with E-state index in [2.05, 4.69) is 18.9 Å². The van der Waals surface area contributed by atoms with Crippen LogP contribution in [0.1, 0.15) is 42.9 Å². The van der Waals surface area contributed by atoms with Gasteiger partial charge in [0.1, 0.15) is 16.5 Å². The van der Waals surface area contributed by atoms with Gasteiger partial charge >= 0.3 is 0 Å². The summed E-state index contributed by atoms with van der Waals surface area (Å²) in [7, 11) is 2.13. The van der Waals surface area contributed by atoms with E-state index in [0.717, 1.165) is 65.4 Å². The molecule has 0 bridgehead atoms. The van der Waals surface area contributed by atoms with Crippen molar-refractivity contribution >= 4 is 21.6 Å². The maximum atomic E-state index is 13.7. The van der Waals surface area contributed by atoms with E-state index in [0.29, 0.717) is 5.39 Å². The predicted octanol–water partition coefficient (Wildman–Crippen LogP) is 4.79. The van der Waals surface area contributed by atoms with Gasteiger partial charge in [0.2, 0.25) is 0 Å². The number of aromatic nitrogens is 2. The van der Waals surface area contributed by atoms with E-state index in [1.54, 1.807) is 23.5 Å². The highest BCUT2D eigenvalue weighted by atomic mass is 32.1. The lowest BCUT2D eigenvalue weighted by Crippen LogP contribution is -2.37. The SMILES string of the molecule is CCCc1nc2sc(C)c(-c3ccc(F)cc3)c2c(=O)n1C1CCN(C)CC1. The predicted molar refractivity (Wildman–Crippen MR) is 114 cm³/mol. The normalized spacial score (nSPS) is 16.1. The zero-order valence-corrected chi connectivity index (χ0v) is 17.5. The summed E-state index contributed by atoms with van der Waals surface area (Å²) in [6.45, 7) is 6.13. The van der Waals surface area contributed by atoms with E-state index in [-0.39, 0.29) is 17.4 Å². The molecule has 3 aromatic rings. The van der Waals surface area contributed by atoms with Gasteiger partial charge in [0.25, 0.3) is 5.56 Å². The van der Waals surface area contributed by atoms with Gasteiger partial charge in [-0.25, -0.2) is 9.37 Å². The molecule has 148 valence electrons. The van der Waals surface area contributed by atoms with Crippen LogP contribution in [-0.4, -0.2) is 34.6 Å². The second kappa shape index (κ2) is 7.76. The van der Waals surface area contributed by atoms with Gasteiger partial charge in [-0.2, -0.15) is 0 Å². The highest BCUT2D eigenvalue weighted by Gasteiger charge is 2.25. The molecule has 1 saturated heterocycles. The van der Waals surface area contributed by atoms with Gasteiger partial charge in [-0.05, 0) is 64.0 Å². The van der Waals surface area contributed by atoms with Gasteiger partial charge in [-0.3, -0.25) is 9.36 Å². The van der Waals surface area contributed by atoms with Crippen LogP contribution in [0.2, 0.25) is 0 Å². The van der Waals surface area contributed by atoms with Crippen LogP contribution in [0, 0.1) is 12.7 Å². The molecular formula is C22H26FN3OS. The maximum Gasteiger partial charge on any atom is 0.263 e. The van der Waals surface area contributed by atoms with Crippen LogP contribution in [0.15, 0.2) is 29.1 Å². The number of fused-ring (bicyclic) bond motifs is 1. The highest BCUT2D eigenvalue weighted by molar-refractivity contribution is 7.19. The molecule has 3 heterocycles. The number of halogens is 1. The molecule has 4 rings (SSSR count). The molecule has 1 fully saturated rings. The molecule has 2 aromatic heterocycles. The van der Waals surface area contributed by atoms with Crippen molar-refractivity contribution in [3.05, 3.63) is 51.1 Å². The molecule has 0 saturated carbocycles. The van der Waals surface area contributed by atoms with Crippen LogP contribution in [-0.2, 0) is 6.42 Å². The van der Waals surface area contributed by atoms with Gasteiger partial charge in [0, 0.05) is 22.9 Å². The average molecular weight is 400 g/mol. The Kier molecular flexibility index (Phi) is 5.34. The Morgan fingerprint density at radius 1 is 1.21 bits per heavy atom. The lowest BCUT2D eigenvalue weighted by molar-refractivity contribution is 0.215. The minimum atomic E-state index is -0.270. The second-order valence-corrected chi connectivity index (χ2v) is 8.91. The largest absolute Gasteiger partial charge is 0.306 e. The van der Waals surface area contributed by atoms with E-state index < -0.39 is 0 Å². The summed E-state index contributed by atoms with van der Waals surface area (Å²) < 4.78 is 15.4. The number of thiophene rings is 1. The Hall–Kier alpha value is -2.05. The van der Waals surface area contributed by atoms with Crippen molar-refractivity contribution in [2.75, 3.05) is 20.1 Å². The smallest absolute Gasteiger partial charge is 0.263 e. The first kappa shape index (κ1) is 19.3. The van der Waals surface area contributed by atoms with Crippen molar-refractivity contribution < 1.29 is 4.39 Å². The third-order valence-electron chi connectivity index (χ3n) is 5.67. The summed E-state index contributed by atoms with van der Waals surface area (Å²) in [6, 6.07) is 6.61. The van der Waals surface area contributed by atoms with Crippen molar-refractivity contribution in [1.82, 2.24) is 14.5 Å². The average Bonchev–Trinajstić information content (AvgIpc) is 3.00. The first-order chi connectivity index (χ1) is 13.5. The Balaban J connectivity index is 1.94. The topological polar surface area (TPSA) is 38.1 Å². The quantitative estimate of drug-likeness (QED) is 0.633. The molecule has 0 radical (unpaired) electrons. The summed E-state index contributed by atoms with van der Waals surface area (Å²) >= 11 is 1.56. The molecule has 6 heteroatoms. The van der Waals surface area contributed by atoms with Crippen molar-refractivity contribution in [2.45, 2.75) is 45.6 Å². The number of nitrogens with zero attached hydrogens (tertiary/aromatic N) is 3. The summed E-state index contributed by atoms with van der Waals surface area (Å²) in [6.07, 6.45) is 3.70. The van der Waals surface area contributed by atoms with Crippen LogP contribution in [0.3, 0.4) is 0 Å². The Morgan fingerprint density at radius 3 is 2.54 bits per heavy atom. The fourth-order valence-corrected chi connectivity index (χ4v) is 5.26. The fourth-order valence-electron chi connectivity index (χ4n) is 4.21. The van der Waals surface area contributed by atoms with E-state index in [1.807, 2.05) is 11.5 Å². The molecule has 0 unspecified atom stereocenters. The van der Waals surface area contributed by atoms with Gasteiger partial charge < -0.3 is 4.90 Å². The third-order valence-corrected chi connectivity index (χ3v) is 6.67. The molecule has 4 nitrogen and oxygen atoms in total. The Bertz CT molecular complexity index is 1050. The van der Waals surface area contributed by atoms with Gasteiger partial charge in [0.15, 0.2) is 0 Å². The molecule has 1 aromatic carbocycles. The number of benzene rings is 1. The molecule has 0 N–H and O–H groups in total. The summed E-state index contributed by atoms with van der Waals surface area (Å²) in [5.74, 6) is 0.634. The molecule has 0 spiro atoms. The Morgan fingerprint density at radius 2 is 1.89 bits per heavy atom. The molecule has 1 aliphatic rings. The van der Waals surface area contributed by atoms with Crippen LogP contribution >= 0.6 is 11.3 Å². The minimum Gasteiger partial charge on any atom is -0.306 e.